The molecule has 0 heterocycles. The summed E-state index contributed by atoms with van der Waals surface area (Å²) < 4.78 is 0. The number of carboxylic acid groups (broad SMARTS) is 1. The van der Waals surface area contributed by atoms with Crippen LogP contribution in [0.25, 0.3) is 0 Å². The molecular weight excluding hydrogens is 256 g/mol. The van der Waals surface area contributed by atoms with Gasteiger partial charge >= 0.3 is 12.0 Å². The largest absolute Gasteiger partial charge is 0.479 e. The van der Waals surface area contributed by atoms with Crippen LogP contribution in [0.1, 0.15) is 32.4 Å². The zero-order valence-electron chi connectivity index (χ0n) is 12.3. The first-order valence-corrected chi connectivity index (χ1v) is 6.65. The molecule has 20 heavy (non-hydrogen) atoms. The smallest absolute Gasteiger partial charge is 0.330 e. The molecule has 1 aromatic rings. The van der Waals surface area contributed by atoms with Crippen molar-refractivity contribution in [2.75, 3.05) is 7.05 Å². The highest BCUT2D eigenvalue weighted by Gasteiger charge is 2.25. The van der Waals surface area contributed by atoms with Crippen LogP contribution in [-0.2, 0) is 4.79 Å². The third-order valence-corrected chi connectivity index (χ3v) is 3.54. The average Bonchev–Trinajstić information content (AvgIpc) is 2.43. The molecule has 0 aromatic heterocycles. The maximum Gasteiger partial charge on any atom is 0.330 e. The summed E-state index contributed by atoms with van der Waals surface area (Å²) in [5.74, 6) is -0.777. The summed E-state index contributed by atoms with van der Waals surface area (Å²) in [6.45, 7) is 5.96. The van der Waals surface area contributed by atoms with E-state index >= 15 is 0 Å². The highest BCUT2D eigenvalue weighted by molar-refractivity contribution is 5.83. The summed E-state index contributed by atoms with van der Waals surface area (Å²) in [6, 6.07) is 7.27. The van der Waals surface area contributed by atoms with Crippen molar-refractivity contribution in [3.63, 3.8) is 0 Å². The van der Waals surface area contributed by atoms with E-state index in [4.69, 9.17) is 0 Å². The minimum atomic E-state index is -1.07. The third kappa shape index (κ3) is 3.98. The molecule has 110 valence electrons. The minimum Gasteiger partial charge on any atom is -0.479 e. The summed E-state index contributed by atoms with van der Waals surface area (Å²) in [5, 5.41) is 11.8. The Morgan fingerprint density at radius 2 is 1.70 bits per heavy atom. The van der Waals surface area contributed by atoms with Gasteiger partial charge in [0.25, 0.3) is 0 Å². The van der Waals surface area contributed by atoms with E-state index in [1.165, 1.54) is 4.90 Å². The lowest BCUT2D eigenvalue weighted by Gasteiger charge is -2.29. The van der Waals surface area contributed by atoms with Crippen molar-refractivity contribution in [3.8, 4) is 0 Å². The number of hydrogen-bond donors (Lipinski definition) is 2. The molecule has 1 rings (SSSR count). The van der Waals surface area contributed by atoms with Crippen LogP contribution in [0.5, 0.6) is 0 Å². The van der Waals surface area contributed by atoms with Crippen LogP contribution in [0.4, 0.5) is 4.79 Å². The fourth-order valence-corrected chi connectivity index (χ4v) is 1.79. The van der Waals surface area contributed by atoms with Gasteiger partial charge in [-0.25, -0.2) is 9.59 Å². The number of benzene rings is 1. The van der Waals surface area contributed by atoms with Gasteiger partial charge < -0.3 is 15.3 Å². The van der Waals surface area contributed by atoms with Crippen molar-refractivity contribution in [2.24, 2.45) is 5.92 Å². The van der Waals surface area contributed by atoms with Crippen LogP contribution >= 0.6 is 0 Å². The number of carbonyl (C=O) groups excluding carboxylic acids is 1. The van der Waals surface area contributed by atoms with Crippen LogP contribution in [0.15, 0.2) is 30.3 Å². The van der Waals surface area contributed by atoms with Gasteiger partial charge in [0.1, 0.15) is 0 Å². The van der Waals surface area contributed by atoms with Crippen molar-refractivity contribution in [1.82, 2.24) is 10.2 Å². The number of nitrogens with zero attached hydrogens (tertiary/aromatic N) is 1. The van der Waals surface area contributed by atoms with E-state index in [-0.39, 0.29) is 12.1 Å². The number of nitrogens with one attached hydrogen (secondary N) is 1. The molecule has 0 aliphatic carbocycles. The standard InChI is InChI=1S/C15H22N2O3/c1-10(2)11(3)17(4)15(20)16-13(14(18)19)12-8-6-5-7-9-12/h5-11,13H,1-4H3,(H,16,20)(H,18,19)/t11?,13-/m1/s1. The molecule has 0 radical (unpaired) electrons. The number of hydrogen-bond acceptors (Lipinski definition) is 2. The second-order valence-electron chi connectivity index (χ2n) is 5.23. The van der Waals surface area contributed by atoms with E-state index < -0.39 is 12.0 Å². The maximum absolute atomic E-state index is 12.1. The Kier molecular flexibility index (Phi) is 5.55. The van der Waals surface area contributed by atoms with E-state index in [2.05, 4.69) is 5.32 Å². The lowest BCUT2D eigenvalue weighted by atomic mass is 10.1. The minimum absolute atomic E-state index is 0.0280. The molecule has 1 unspecified atom stereocenters. The summed E-state index contributed by atoms with van der Waals surface area (Å²) in [6.07, 6.45) is 0. The molecule has 1 aromatic carbocycles. The molecule has 5 heteroatoms. The van der Waals surface area contributed by atoms with Crippen molar-refractivity contribution in [1.29, 1.82) is 0 Å². The van der Waals surface area contributed by atoms with Crippen molar-refractivity contribution in [3.05, 3.63) is 35.9 Å². The monoisotopic (exact) mass is 278 g/mol. The van der Waals surface area contributed by atoms with Gasteiger partial charge in [-0.1, -0.05) is 44.2 Å². The molecule has 5 nitrogen and oxygen atoms in total. The lowest BCUT2D eigenvalue weighted by Crippen LogP contribution is -2.47. The quantitative estimate of drug-likeness (QED) is 0.869. The van der Waals surface area contributed by atoms with Crippen LogP contribution < -0.4 is 5.32 Å². The molecule has 2 amide bonds. The zero-order valence-corrected chi connectivity index (χ0v) is 12.3. The Morgan fingerprint density at radius 1 is 1.15 bits per heavy atom. The Labute approximate surface area is 119 Å². The zero-order chi connectivity index (χ0) is 15.3. The Hall–Kier alpha value is -2.04. The topological polar surface area (TPSA) is 69.6 Å². The number of carbonyl (C=O) groups is 2. The molecule has 0 aliphatic heterocycles. The number of aliphatic carboxylic acids is 1. The van der Waals surface area contributed by atoms with E-state index in [0.29, 0.717) is 11.5 Å². The Balaban J connectivity index is 2.82. The van der Waals surface area contributed by atoms with Crippen LogP contribution in [0, 0.1) is 5.92 Å². The van der Waals surface area contributed by atoms with Crippen molar-refractivity contribution in [2.45, 2.75) is 32.9 Å². The van der Waals surface area contributed by atoms with Gasteiger partial charge in [0.15, 0.2) is 6.04 Å². The SMILES string of the molecule is CC(C)C(C)N(C)C(=O)N[C@@H](C(=O)O)c1ccccc1. The fraction of sp³-hybridized carbons (Fsp3) is 0.467. The number of carboxylic acids is 1. The van der Waals surface area contributed by atoms with Crippen LogP contribution in [0.3, 0.4) is 0 Å². The van der Waals surface area contributed by atoms with Gasteiger partial charge in [-0.3, -0.25) is 0 Å². The predicted octanol–water partition coefficient (Wildman–Crippen LogP) is 2.50. The predicted molar refractivity (Wildman–Crippen MR) is 77.4 cm³/mol. The molecule has 0 spiro atoms. The van der Waals surface area contributed by atoms with Crippen molar-refractivity contribution >= 4 is 12.0 Å². The first-order valence-electron chi connectivity index (χ1n) is 6.65. The van der Waals surface area contributed by atoms with Gasteiger partial charge in [-0.2, -0.15) is 0 Å². The number of urea groups is 1. The molecule has 2 N–H and O–H groups in total. The van der Waals surface area contributed by atoms with Gasteiger partial charge in [0, 0.05) is 13.1 Å². The highest BCUT2D eigenvalue weighted by atomic mass is 16.4. The first kappa shape index (κ1) is 16.0. The Bertz CT molecular complexity index is 459. The highest BCUT2D eigenvalue weighted by Crippen LogP contribution is 2.14. The van der Waals surface area contributed by atoms with E-state index in [0.717, 1.165) is 0 Å². The average molecular weight is 278 g/mol. The number of amides is 2. The van der Waals surface area contributed by atoms with Gasteiger partial charge in [-0.15, -0.1) is 0 Å². The van der Waals surface area contributed by atoms with Crippen molar-refractivity contribution < 1.29 is 14.7 Å². The molecule has 0 saturated heterocycles. The molecule has 0 aliphatic rings. The third-order valence-electron chi connectivity index (χ3n) is 3.54. The summed E-state index contributed by atoms with van der Waals surface area (Å²) in [4.78, 5) is 25.0. The van der Waals surface area contributed by atoms with Gasteiger partial charge in [0.2, 0.25) is 0 Å². The lowest BCUT2D eigenvalue weighted by molar-refractivity contribution is -0.139. The van der Waals surface area contributed by atoms with Gasteiger partial charge in [0.05, 0.1) is 0 Å². The Morgan fingerprint density at radius 3 is 2.15 bits per heavy atom. The first-order chi connectivity index (χ1) is 9.34. The van der Waals surface area contributed by atoms with E-state index in [1.54, 1.807) is 37.4 Å². The maximum atomic E-state index is 12.1. The molecule has 0 fully saturated rings. The second kappa shape index (κ2) is 6.93. The normalized spacial score (nSPS) is 13.7. The summed E-state index contributed by atoms with van der Waals surface area (Å²) >= 11 is 0. The molecule has 2 atom stereocenters. The van der Waals surface area contributed by atoms with Crippen LogP contribution in [0.2, 0.25) is 0 Å². The number of rotatable bonds is 5. The second-order valence-corrected chi connectivity index (χ2v) is 5.23. The molecular formula is C15H22N2O3. The van der Waals surface area contributed by atoms with Gasteiger partial charge in [-0.05, 0) is 18.4 Å². The summed E-state index contributed by atoms with van der Waals surface area (Å²) in [7, 11) is 1.67. The van der Waals surface area contributed by atoms with E-state index in [1.807, 2.05) is 20.8 Å². The summed E-state index contributed by atoms with van der Waals surface area (Å²) in [5.41, 5.74) is 0.555. The fourth-order valence-electron chi connectivity index (χ4n) is 1.79. The van der Waals surface area contributed by atoms with Crippen LogP contribution in [-0.4, -0.2) is 35.1 Å². The van der Waals surface area contributed by atoms with E-state index in [9.17, 15) is 14.7 Å². The molecule has 0 bridgehead atoms. The molecule has 0 saturated carbocycles.